The highest BCUT2D eigenvalue weighted by Crippen LogP contribution is 2.37. The van der Waals surface area contributed by atoms with Crippen LogP contribution in [0.4, 0.5) is 15.8 Å². The molecule has 3 nitrogen and oxygen atoms in total. The summed E-state index contributed by atoms with van der Waals surface area (Å²) < 4.78 is 14.1. The van der Waals surface area contributed by atoms with Crippen molar-refractivity contribution in [3.8, 4) is 0 Å². The van der Waals surface area contributed by atoms with Gasteiger partial charge in [0, 0.05) is 27.1 Å². The van der Waals surface area contributed by atoms with Crippen molar-refractivity contribution in [3.63, 3.8) is 0 Å². The van der Waals surface area contributed by atoms with Crippen molar-refractivity contribution in [3.05, 3.63) is 83.9 Å². The Balaban J connectivity index is 1.74. The minimum Gasteiger partial charge on any atom is -0.354 e. The first-order valence-electron chi connectivity index (χ1n) is 8.62. The highest BCUT2D eigenvalue weighted by Gasteiger charge is 2.10. The molecule has 0 saturated carbocycles. The van der Waals surface area contributed by atoms with E-state index in [4.69, 9.17) is 0 Å². The van der Waals surface area contributed by atoms with Crippen LogP contribution in [0.2, 0.25) is 0 Å². The van der Waals surface area contributed by atoms with Crippen LogP contribution in [0, 0.1) is 19.7 Å². The van der Waals surface area contributed by atoms with E-state index in [1.165, 1.54) is 17.8 Å². The molecule has 0 radical (unpaired) electrons. The Morgan fingerprint density at radius 3 is 2.59 bits per heavy atom. The van der Waals surface area contributed by atoms with Gasteiger partial charge in [-0.2, -0.15) is 0 Å². The number of nitrogens with one attached hydrogen (secondary N) is 1. The van der Waals surface area contributed by atoms with E-state index in [1.807, 2.05) is 50.2 Å². The third-order valence-electron chi connectivity index (χ3n) is 4.20. The smallest absolute Gasteiger partial charge is 0.161 e. The number of hydrogen-bond acceptors (Lipinski definition) is 4. The lowest BCUT2D eigenvalue weighted by Gasteiger charge is -2.14. The summed E-state index contributed by atoms with van der Waals surface area (Å²) in [5.74, 6) is -0.219. The van der Waals surface area contributed by atoms with Crippen LogP contribution in [0.25, 0.3) is 11.0 Å². The van der Waals surface area contributed by atoms with Gasteiger partial charge in [0.15, 0.2) is 5.65 Å². The first-order valence-corrected chi connectivity index (χ1v) is 9.44. The molecular weight excluding hydrogens is 357 g/mol. The van der Waals surface area contributed by atoms with Crippen LogP contribution in [0.15, 0.2) is 76.7 Å². The average molecular weight is 375 g/mol. The van der Waals surface area contributed by atoms with Gasteiger partial charge >= 0.3 is 0 Å². The van der Waals surface area contributed by atoms with E-state index < -0.39 is 0 Å². The molecule has 2 aromatic carbocycles. The molecule has 0 aliphatic heterocycles. The van der Waals surface area contributed by atoms with Crippen molar-refractivity contribution >= 4 is 34.2 Å². The number of rotatable bonds is 4. The van der Waals surface area contributed by atoms with Crippen LogP contribution >= 0.6 is 11.8 Å². The zero-order valence-corrected chi connectivity index (χ0v) is 15.8. The molecule has 0 saturated heterocycles. The van der Waals surface area contributed by atoms with E-state index in [2.05, 4.69) is 21.4 Å². The molecule has 0 spiro atoms. The fourth-order valence-electron chi connectivity index (χ4n) is 2.85. The maximum atomic E-state index is 14.1. The number of nitrogens with zero attached hydrogens (tertiary/aromatic N) is 2. The molecule has 4 aromatic rings. The van der Waals surface area contributed by atoms with E-state index in [-0.39, 0.29) is 5.82 Å². The first kappa shape index (κ1) is 17.5. The number of fused-ring (bicyclic) bond motifs is 1. The third-order valence-corrected chi connectivity index (χ3v) is 5.33. The molecule has 0 aliphatic carbocycles. The van der Waals surface area contributed by atoms with E-state index in [9.17, 15) is 4.39 Å². The van der Waals surface area contributed by atoms with Gasteiger partial charge in [-0.3, -0.25) is 0 Å². The Kier molecular flexibility index (Phi) is 4.77. The molecule has 1 N–H and O–H groups in total. The van der Waals surface area contributed by atoms with Gasteiger partial charge in [0.25, 0.3) is 0 Å². The average Bonchev–Trinajstić information content (AvgIpc) is 2.65. The van der Waals surface area contributed by atoms with Crippen molar-refractivity contribution < 1.29 is 4.39 Å². The van der Waals surface area contributed by atoms with Crippen molar-refractivity contribution in [1.29, 1.82) is 0 Å². The Labute approximate surface area is 161 Å². The Morgan fingerprint density at radius 2 is 1.74 bits per heavy atom. The predicted octanol–water partition coefficient (Wildman–Crippen LogP) is 6.28. The molecule has 5 heteroatoms. The second-order valence-corrected chi connectivity index (χ2v) is 7.42. The fraction of sp³-hybridized carbons (Fsp3) is 0.0909. The van der Waals surface area contributed by atoms with Crippen molar-refractivity contribution in [2.24, 2.45) is 0 Å². The van der Waals surface area contributed by atoms with Crippen molar-refractivity contribution in [1.82, 2.24) is 9.97 Å². The Hall–Kier alpha value is -2.92. The molecule has 0 amide bonds. The van der Waals surface area contributed by atoms with Crippen LogP contribution in [0.1, 0.15) is 11.3 Å². The topological polar surface area (TPSA) is 37.8 Å². The molecule has 134 valence electrons. The maximum absolute atomic E-state index is 14.1. The zero-order chi connectivity index (χ0) is 18.8. The van der Waals surface area contributed by atoms with Crippen molar-refractivity contribution in [2.75, 3.05) is 5.32 Å². The lowest BCUT2D eigenvalue weighted by molar-refractivity contribution is 0.602. The van der Waals surface area contributed by atoms with Gasteiger partial charge in [-0.1, -0.05) is 30.0 Å². The molecule has 0 fully saturated rings. The largest absolute Gasteiger partial charge is 0.354 e. The summed E-state index contributed by atoms with van der Waals surface area (Å²) in [7, 11) is 0. The molecule has 0 aliphatic rings. The Bertz CT molecular complexity index is 1130. The number of aromatic nitrogens is 2. The summed E-state index contributed by atoms with van der Waals surface area (Å²) in [6.45, 7) is 3.99. The van der Waals surface area contributed by atoms with E-state index >= 15 is 0 Å². The van der Waals surface area contributed by atoms with E-state index in [1.54, 1.807) is 18.3 Å². The maximum Gasteiger partial charge on any atom is 0.161 e. The van der Waals surface area contributed by atoms with Crippen LogP contribution in [-0.2, 0) is 0 Å². The minimum atomic E-state index is -0.219. The molecule has 0 bridgehead atoms. The SMILES string of the molecule is Cc1ccc(Sc2ccccc2F)c(Nc2ccnc3nc(C)ccc23)c1. The summed E-state index contributed by atoms with van der Waals surface area (Å²) in [4.78, 5) is 10.4. The number of aryl methyl sites for hydroxylation is 2. The van der Waals surface area contributed by atoms with E-state index in [0.717, 1.165) is 32.9 Å². The molecule has 2 aromatic heterocycles. The summed E-state index contributed by atoms with van der Waals surface area (Å²) in [6.07, 6.45) is 1.75. The van der Waals surface area contributed by atoms with Gasteiger partial charge in [0.1, 0.15) is 5.82 Å². The van der Waals surface area contributed by atoms with Gasteiger partial charge in [-0.15, -0.1) is 0 Å². The third kappa shape index (κ3) is 3.78. The molecule has 0 atom stereocenters. The predicted molar refractivity (Wildman–Crippen MR) is 109 cm³/mol. The second-order valence-electron chi connectivity index (χ2n) is 6.34. The van der Waals surface area contributed by atoms with Crippen LogP contribution < -0.4 is 5.32 Å². The Morgan fingerprint density at radius 1 is 0.889 bits per heavy atom. The number of anilines is 2. The van der Waals surface area contributed by atoms with Crippen LogP contribution in [0.3, 0.4) is 0 Å². The monoisotopic (exact) mass is 375 g/mol. The molecule has 27 heavy (non-hydrogen) atoms. The second kappa shape index (κ2) is 7.37. The number of halogens is 1. The normalized spacial score (nSPS) is 10.9. The van der Waals surface area contributed by atoms with Gasteiger partial charge in [-0.25, -0.2) is 14.4 Å². The lowest BCUT2D eigenvalue weighted by Crippen LogP contribution is -1.97. The zero-order valence-electron chi connectivity index (χ0n) is 15.0. The van der Waals surface area contributed by atoms with Crippen LogP contribution in [-0.4, -0.2) is 9.97 Å². The highest BCUT2D eigenvalue weighted by molar-refractivity contribution is 7.99. The fourth-order valence-corrected chi connectivity index (χ4v) is 3.76. The number of benzene rings is 2. The summed E-state index contributed by atoms with van der Waals surface area (Å²) in [5.41, 5.74) is 4.61. The number of pyridine rings is 2. The molecule has 4 rings (SSSR count). The molecular formula is C22H18FN3S. The number of hydrogen-bond donors (Lipinski definition) is 1. The minimum absolute atomic E-state index is 0.219. The lowest BCUT2D eigenvalue weighted by atomic mass is 10.2. The summed E-state index contributed by atoms with van der Waals surface area (Å²) in [6, 6.07) is 18.8. The standard InChI is InChI=1S/C22H18FN3S/c1-14-7-10-21(27-20-6-4-3-5-17(20)23)19(13-14)26-18-11-12-24-22-16(18)9-8-15(2)25-22/h3-13H,1-2H3,(H,24,25,26). The van der Waals surface area contributed by atoms with Gasteiger partial charge in [0.05, 0.1) is 11.4 Å². The van der Waals surface area contributed by atoms with E-state index in [0.29, 0.717) is 10.5 Å². The summed E-state index contributed by atoms with van der Waals surface area (Å²) in [5, 5.41) is 4.44. The first-order chi connectivity index (χ1) is 13.1. The molecule has 0 unspecified atom stereocenters. The highest BCUT2D eigenvalue weighted by atomic mass is 32.2. The van der Waals surface area contributed by atoms with Gasteiger partial charge in [-0.05, 0) is 61.9 Å². The van der Waals surface area contributed by atoms with Gasteiger partial charge in [0.2, 0.25) is 0 Å². The molecule has 2 heterocycles. The van der Waals surface area contributed by atoms with Gasteiger partial charge < -0.3 is 5.32 Å². The summed E-state index contributed by atoms with van der Waals surface area (Å²) >= 11 is 1.41. The van der Waals surface area contributed by atoms with Crippen LogP contribution in [0.5, 0.6) is 0 Å². The quantitative estimate of drug-likeness (QED) is 0.455. The van der Waals surface area contributed by atoms with Crippen molar-refractivity contribution in [2.45, 2.75) is 23.6 Å².